The molecule has 4 rings (SSSR count). The average molecular weight is 375 g/mol. The lowest BCUT2D eigenvalue weighted by Gasteiger charge is -2.41. The van der Waals surface area contributed by atoms with E-state index in [1.807, 2.05) is 6.07 Å². The summed E-state index contributed by atoms with van der Waals surface area (Å²) in [5, 5.41) is 9.41. The van der Waals surface area contributed by atoms with Crippen LogP contribution in [0.15, 0.2) is 12.1 Å². The number of rotatable bonds is 4. The van der Waals surface area contributed by atoms with Crippen LogP contribution in [0, 0.1) is 0 Å². The predicted molar refractivity (Wildman–Crippen MR) is 100 cm³/mol. The number of esters is 1. The molecule has 1 N–H and O–H groups in total. The molecule has 1 aliphatic carbocycles. The fourth-order valence-corrected chi connectivity index (χ4v) is 5.06. The Bertz CT molecular complexity index is 734. The van der Waals surface area contributed by atoms with Crippen LogP contribution in [0.3, 0.4) is 0 Å². The number of aliphatic hydroxyl groups is 1. The maximum atomic E-state index is 12.0. The summed E-state index contributed by atoms with van der Waals surface area (Å²) in [6.45, 7) is 3.53. The van der Waals surface area contributed by atoms with E-state index in [0.717, 1.165) is 43.9 Å². The Hall–Kier alpha value is -1.79. The molecule has 4 unspecified atom stereocenters. The molecule has 2 aliphatic heterocycles. The van der Waals surface area contributed by atoms with Gasteiger partial charge in [0.15, 0.2) is 11.5 Å². The molecule has 148 valence electrons. The van der Waals surface area contributed by atoms with E-state index < -0.39 is 6.10 Å². The van der Waals surface area contributed by atoms with Crippen LogP contribution in [0.2, 0.25) is 0 Å². The molecule has 0 bridgehead atoms. The molecule has 1 saturated carbocycles. The second kappa shape index (κ2) is 6.99. The van der Waals surface area contributed by atoms with E-state index in [1.165, 1.54) is 11.1 Å². The minimum absolute atomic E-state index is 0.00727. The summed E-state index contributed by atoms with van der Waals surface area (Å²) in [5.74, 6) is 1.33. The molecule has 1 spiro atoms. The van der Waals surface area contributed by atoms with Gasteiger partial charge in [-0.25, -0.2) is 0 Å². The van der Waals surface area contributed by atoms with Crippen LogP contribution in [-0.4, -0.2) is 55.0 Å². The van der Waals surface area contributed by atoms with E-state index in [1.54, 1.807) is 14.0 Å². The third kappa shape index (κ3) is 3.19. The van der Waals surface area contributed by atoms with Gasteiger partial charge in [-0.2, -0.15) is 0 Å². The van der Waals surface area contributed by atoms with Crippen molar-refractivity contribution in [1.29, 1.82) is 0 Å². The zero-order valence-corrected chi connectivity index (χ0v) is 16.4. The molecular weight excluding hydrogens is 346 g/mol. The Kier molecular flexibility index (Phi) is 4.80. The quantitative estimate of drug-likeness (QED) is 0.815. The standard InChI is InChI=1S/C21H29NO5/c1-13(23)10-18(24)26-15-6-7-21-8-9-22(2)12-14-4-5-16(25-3)20(19(14)21)27-17(21)11-15/h4-5,13,15,17,23H,6-12H2,1-3H3. The van der Waals surface area contributed by atoms with Crippen LogP contribution in [0.4, 0.5) is 0 Å². The van der Waals surface area contributed by atoms with Crippen LogP contribution >= 0.6 is 0 Å². The summed E-state index contributed by atoms with van der Waals surface area (Å²) in [6.07, 6.45) is 2.68. The number of hydrogen-bond donors (Lipinski definition) is 1. The second-order valence-corrected chi connectivity index (χ2v) is 8.32. The molecule has 1 aromatic carbocycles. The summed E-state index contributed by atoms with van der Waals surface area (Å²) in [5.41, 5.74) is 2.60. The highest BCUT2D eigenvalue weighted by atomic mass is 16.6. The molecule has 0 aromatic heterocycles. The van der Waals surface area contributed by atoms with Gasteiger partial charge >= 0.3 is 5.97 Å². The average Bonchev–Trinajstić information content (AvgIpc) is 2.86. The summed E-state index contributed by atoms with van der Waals surface area (Å²) in [7, 11) is 3.84. The maximum Gasteiger partial charge on any atom is 0.308 e. The number of aliphatic hydroxyl groups excluding tert-OH is 1. The van der Waals surface area contributed by atoms with Gasteiger partial charge in [0.2, 0.25) is 0 Å². The smallest absolute Gasteiger partial charge is 0.308 e. The van der Waals surface area contributed by atoms with Gasteiger partial charge in [0.1, 0.15) is 12.2 Å². The molecule has 27 heavy (non-hydrogen) atoms. The molecule has 0 saturated heterocycles. The Morgan fingerprint density at radius 1 is 1.44 bits per heavy atom. The molecule has 0 radical (unpaired) electrons. The lowest BCUT2D eigenvalue weighted by molar-refractivity contribution is -0.155. The van der Waals surface area contributed by atoms with Crippen LogP contribution < -0.4 is 9.47 Å². The van der Waals surface area contributed by atoms with Crippen molar-refractivity contribution in [1.82, 2.24) is 4.90 Å². The van der Waals surface area contributed by atoms with Gasteiger partial charge in [0, 0.05) is 23.9 Å². The first-order valence-corrected chi connectivity index (χ1v) is 9.86. The Labute approximate surface area is 160 Å². The van der Waals surface area contributed by atoms with Gasteiger partial charge in [-0.15, -0.1) is 0 Å². The highest BCUT2D eigenvalue weighted by Gasteiger charge is 2.55. The second-order valence-electron chi connectivity index (χ2n) is 8.32. The van der Waals surface area contributed by atoms with Gasteiger partial charge in [-0.3, -0.25) is 4.79 Å². The lowest BCUT2D eigenvalue weighted by Crippen LogP contribution is -2.47. The van der Waals surface area contributed by atoms with Crippen molar-refractivity contribution in [2.24, 2.45) is 0 Å². The predicted octanol–water partition coefficient (Wildman–Crippen LogP) is 2.40. The molecule has 6 nitrogen and oxygen atoms in total. The van der Waals surface area contributed by atoms with E-state index >= 15 is 0 Å². The van der Waals surface area contributed by atoms with Crippen molar-refractivity contribution in [3.05, 3.63) is 23.3 Å². The zero-order valence-electron chi connectivity index (χ0n) is 16.4. The summed E-state index contributed by atoms with van der Waals surface area (Å²) in [6, 6.07) is 4.17. The van der Waals surface area contributed by atoms with E-state index in [0.29, 0.717) is 6.42 Å². The topological polar surface area (TPSA) is 68.2 Å². The van der Waals surface area contributed by atoms with Crippen LogP contribution in [-0.2, 0) is 21.5 Å². The molecule has 0 amide bonds. The molecule has 2 heterocycles. The third-order valence-corrected chi connectivity index (χ3v) is 6.33. The third-order valence-electron chi connectivity index (χ3n) is 6.33. The van der Waals surface area contributed by atoms with Crippen LogP contribution in [0.25, 0.3) is 0 Å². The van der Waals surface area contributed by atoms with Gasteiger partial charge in [-0.1, -0.05) is 6.07 Å². The number of methoxy groups -OCH3 is 1. The molecule has 6 heteroatoms. The van der Waals surface area contributed by atoms with Gasteiger partial charge in [0.05, 0.1) is 19.6 Å². The minimum Gasteiger partial charge on any atom is -0.493 e. The fourth-order valence-electron chi connectivity index (χ4n) is 5.06. The monoisotopic (exact) mass is 375 g/mol. The summed E-state index contributed by atoms with van der Waals surface area (Å²) in [4.78, 5) is 14.4. The molecule has 1 fully saturated rings. The molecule has 3 aliphatic rings. The minimum atomic E-state index is -0.677. The van der Waals surface area contributed by atoms with Gasteiger partial charge in [-0.05, 0) is 51.4 Å². The first-order valence-electron chi connectivity index (χ1n) is 9.86. The van der Waals surface area contributed by atoms with Crippen molar-refractivity contribution in [2.75, 3.05) is 20.7 Å². The summed E-state index contributed by atoms with van der Waals surface area (Å²) >= 11 is 0. The zero-order chi connectivity index (χ0) is 19.2. The number of benzene rings is 1. The SMILES string of the molecule is COc1ccc2c3c1OC1CC(OC(=O)CC(C)O)CCC31CCN(C)C2. The molecule has 1 aromatic rings. The first kappa shape index (κ1) is 18.6. The highest BCUT2D eigenvalue weighted by Crippen LogP contribution is 2.57. The lowest BCUT2D eigenvalue weighted by atomic mass is 9.65. The number of carbonyl (C=O) groups excluding carboxylic acids is 1. The van der Waals surface area contributed by atoms with Crippen LogP contribution in [0.5, 0.6) is 11.5 Å². The van der Waals surface area contributed by atoms with E-state index in [-0.39, 0.29) is 30.0 Å². The summed E-state index contributed by atoms with van der Waals surface area (Å²) < 4.78 is 17.7. The Balaban J connectivity index is 1.62. The van der Waals surface area contributed by atoms with Crippen molar-refractivity contribution in [3.63, 3.8) is 0 Å². The fraction of sp³-hybridized carbons (Fsp3) is 0.667. The van der Waals surface area contributed by atoms with Gasteiger partial charge < -0.3 is 24.2 Å². The highest BCUT2D eigenvalue weighted by molar-refractivity contribution is 5.70. The number of nitrogens with zero attached hydrogens (tertiary/aromatic N) is 1. The largest absolute Gasteiger partial charge is 0.493 e. The maximum absolute atomic E-state index is 12.0. The Morgan fingerprint density at radius 3 is 3.00 bits per heavy atom. The Morgan fingerprint density at radius 2 is 2.26 bits per heavy atom. The van der Waals surface area contributed by atoms with Gasteiger partial charge in [0.25, 0.3) is 0 Å². The normalized spacial score (nSPS) is 30.5. The number of ether oxygens (including phenoxy) is 3. The van der Waals surface area contributed by atoms with Crippen molar-refractivity contribution in [3.8, 4) is 11.5 Å². The van der Waals surface area contributed by atoms with Crippen molar-refractivity contribution in [2.45, 2.75) is 69.3 Å². The number of hydrogen-bond acceptors (Lipinski definition) is 6. The first-order chi connectivity index (χ1) is 12.9. The van der Waals surface area contributed by atoms with E-state index in [4.69, 9.17) is 14.2 Å². The van der Waals surface area contributed by atoms with E-state index in [2.05, 4.69) is 18.0 Å². The van der Waals surface area contributed by atoms with E-state index in [9.17, 15) is 9.90 Å². The van der Waals surface area contributed by atoms with Crippen molar-refractivity contribution >= 4 is 5.97 Å². The molecule has 4 atom stereocenters. The van der Waals surface area contributed by atoms with Crippen molar-refractivity contribution < 1.29 is 24.1 Å². The number of carbonyl (C=O) groups is 1. The molecular formula is C21H29NO5. The van der Waals surface area contributed by atoms with Crippen LogP contribution in [0.1, 0.15) is 50.2 Å².